The standard InChI is InChI=1S/C17H26ClNO3S/c1-3-23-13(2)10-14-11-16(20)15(17(21)12-14)6-4-8-19-22-9-5-7-18/h5,7-8,13-14,20H,3-4,6,9-12H2,1-2H3/b7-5+,19-8+. The molecule has 0 radical (unpaired) electrons. The Kier molecular flexibility index (Phi) is 10.1. The molecule has 0 aromatic heterocycles. The van der Waals surface area contributed by atoms with Crippen LogP contribution < -0.4 is 0 Å². The first kappa shape index (κ1) is 20.1. The van der Waals surface area contributed by atoms with Crippen molar-refractivity contribution >= 4 is 35.4 Å². The highest BCUT2D eigenvalue weighted by Crippen LogP contribution is 2.32. The maximum atomic E-state index is 12.2. The number of aliphatic hydroxyl groups excluding tert-OH is 1. The third-order valence-electron chi connectivity index (χ3n) is 3.69. The van der Waals surface area contributed by atoms with Crippen molar-refractivity contribution in [3.63, 3.8) is 0 Å². The lowest BCUT2D eigenvalue weighted by Crippen LogP contribution is -2.22. The van der Waals surface area contributed by atoms with Crippen LogP contribution in [0.15, 0.2) is 28.1 Å². The van der Waals surface area contributed by atoms with E-state index in [1.54, 1.807) is 12.3 Å². The number of carbonyl (C=O) groups excluding carboxylic acids is 1. The summed E-state index contributed by atoms with van der Waals surface area (Å²) in [6, 6.07) is 0. The van der Waals surface area contributed by atoms with E-state index in [9.17, 15) is 9.90 Å². The van der Waals surface area contributed by atoms with Crippen molar-refractivity contribution in [3.05, 3.63) is 22.9 Å². The van der Waals surface area contributed by atoms with E-state index in [1.165, 1.54) is 5.54 Å². The number of halogens is 1. The van der Waals surface area contributed by atoms with E-state index in [0.717, 1.165) is 12.2 Å². The van der Waals surface area contributed by atoms with Gasteiger partial charge in [0.05, 0.1) is 5.76 Å². The van der Waals surface area contributed by atoms with Gasteiger partial charge in [-0.1, -0.05) is 30.6 Å². The summed E-state index contributed by atoms with van der Waals surface area (Å²) in [6.45, 7) is 4.65. The number of ketones is 1. The normalized spacial score (nSPS) is 20.7. The van der Waals surface area contributed by atoms with Gasteiger partial charge in [-0.25, -0.2) is 0 Å². The van der Waals surface area contributed by atoms with E-state index >= 15 is 0 Å². The minimum absolute atomic E-state index is 0.0758. The molecular weight excluding hydrogens is 334 g/mol. The van der Waals surface area contributed by atoms with Gasteiger partial charge >= 0.3 is 0 Å². The number of allylic oxidation sites excluding steroid dienone is 2. The summed E-state index contributed by atoms with van der Waals surface area (Å²) in [5, 5.41) is 14.5. The van der Waals surface area contributed by atoms with Crippen LogP contribution in [0.4, 0.5) is 0 Å². The fourth-order valence-electron chi connectivity index (χ4n) is 2.72. The highest BCUT2D eigenvalue weighted by molar-refractivity contribution is 7.99. The lowest BCUT2D eigenvalue weighted by Gasteiger charge is -2.25. The second kappa shape index (κ2) is 11.6. The van der Waals surface area contributed by atoms with Crippen molar-refractivity contribution in [1.29, 1.82) is 0 Å². The number of carbonyl (C=O) groups is 1. The summed E-state index contributed by atoms with van der Waals surface area (Å²) < 4.78 is 0. The molecule has 0 aromatic rings. The molecule has 0 amide bonds. The predicted octanol–water partition coefficient (Wildman–Crippen LogP) is 4.84. The number of rotatable bonds is 10. The van der Waals surface area contributed by atoms with Crippen molar-refractivity contribution < 1.29 is 14.7 Å². The van der Waals surface area contributed by atoms with Crippen LogP contribution in [-0.4, -0.2) is 34.7 Å². The molecule has 2 atom stereocenters. The Labute approximate surface area is 148 Å². The Morgan fingerprint density at radius 1 is 1.52 bits per heavy atom. The summed E-state index contributed by atoms with van der Waals surface area (Å²) in [7, 11) is 0. The first-order valence-electron chi connectivity index (χ1n) is 8.03. The van der Waals surface area contributed by atoms with Gasteiger partial charge in [0.25, 0.3) is 0 Å². The Balaban J connectivity index is 2.42. The number of aliphatic hydroxyl groups is 1. The lowest BCUT2D eigenvalue weighted by atomic mass is 9.83. The van der Waals surface area contributed by atoms with Gasteiger partial charge < -0.3 is 9.94 Å². The molecule has 4 nitrogen and oxygen atoms in total. The van der Waals surface area contributed by atoms with Crippen LogP contribution in [0.3, 0.4) is 0 Å². The predicted molar refractivity (Wildman–Crippen MR) is 98.3 cm³/mol. The van der Waals surface area contributed by atoms with E-state index in [0.29, 0.717) is 43.1 Å². The molecule has 0 aromatic carbocycles. The van der Waals surface area contributed by atoms with Crippen molar-refractivity contribution in [2.75, 3.05) is 12.4 Å². The summed E-state index contributed by atoms with van der Waals surface area (Å²) in [5.74, 6) is 1.68. The number of hydrogen-bond acceptors (Lipinski definition) is 5. The number of thioether (sulfide) groups is 1. The average molecular weight is 360 g/mol. The molecule has 1 N–H and O–H groups in total. The molecule has 6 heteroatoms. The van der Waals surface area contributed by atoms with Crippen LogP contribution in [0.25, 0.3) is 0 Å². The highest BCUT2D eigenvalue weighted by Gasteiger charge is 2.28. The van der Waals surface area contributed by atoms with Crippen molar-refractivity contribution in [2.24, 2.45) is 11.1 Å². The molecule has 0 aliphatic heterocycles. The largest absolute Gasteiger partial charge is 0.512 e. The van der Waals surface area contributed by atoms with Gasteiger partial charge in [-0.2, -0.15) is 11.8 Å². The van der Waals surface area contributed by atoms with Crippen molar-refractivity contribution in [2.45, 2.75) is 51.2 Å². The average Bonchev–Trinajstić information content (AvgIpc) is 2.48. The van der Waals surface area contributed by atoms with Crippen LogP contribution in [-0.2, 0) is 9.63 Å². The molecule has 1 aliphatic carbocycles. The Hall–Kier alpha value is -0.940. The number of nitrogens with zero attached hydrogens (tertiary/aromatic N) is 1. The van der Waals surface area contributed by atoms with Crippen molar-refractivity contribution in [3.8, 4) is 0 Å². The molecule has 1 rings (SSSR count). The maximum absolute atomic E-state index is 12.2. The van der Waals surface area contributed by atoms with Gasteiger partial charge in [0, 0.05) is 35.4 Å². The third-order valence-corrected chi connectivity index (χ3v) is 4.96. The highest BCUT2D eigenvalue weighted by atomic mass is 35.5. The monoisotopic (exact) mass is 359 g/mol. The topological polar surface area (TPSA) is 58.9 Å². The Bertz CT molecular complexity index is 463. The molecule has 23 heavy (non-hydrogen) atoms. The fraction of sp³-hybridized carbons (Fsp3) is 0.647. The number of oxime groups is 1. The van der Waals surface area contributed by atoms with Gasteiger partial charge in [0.15, 0.2) is 5.78 Å². The van der Waals surface area contributed by atoms with E-state index in [1.807, 2.05) is 11.8 Å². The van der Waals surface area contributed by atoms with E-state index in [4.69, 9.17) is 16.4 Å². The van der Waals surface area contributed by atoms with Crippen LogP contribution in [0, 0.1) is 5.92 Å². The zero-order valence-electron chi connectivity index (χ0n) is 13.8. The van der Waals surface area contributed by atoms with Gasteiger partial charge in [-0.3, -0.25) is 4.79 Å². The van der Waals surface area contributed by atoms with Crippen molar-refractivity contribution in [1.82, 2.24) is 0 Å². The lowest BCUT2D eigenvalue weighted by molar-refractivity contribution is -0.117. The molecule has 0 spiro atoms. The summed E-state index contributed by atoms with van der Waals surface area (Å²) in [4.78, 5) is 17.2. The molecule has 0 bridgehead atoms. The minimum Gasteiger partial charge on any atom is -0.512 e. The Morgan fingerprint density at radius 3 is 2.96 bits per heavy atom. The van der Waals surface area contributed by atoms with E-state index in [2.05, 4.69) is 19.0 Å². The molecule has 0 fully saturated rings. The number of Topliss-reactive ketones (excluding diaryl/α,β-unsaturated/α-hetero) is 1. The Morgan fingerprint density at radius 2 is 2.30 bits per heavy atom. The third kappa shape index (κ3) is 7.93. The van der Waals surface area contributed by atoms with E-state index < -0.39 is 0 Å². The summed E-state index contributed by atoms with van der Waals surface area (Å²) in [6.07, 6.45) is 6.46. The zero-order chi connectivity index (χ0) is 17.1. The minimum atomic E-state index is 0.0758. The van der Waals surface area contributed by atoms with Gasteiger partial charge in [0.1, 0.15) is 6.61 Å². The first-order chi connectivity index (χ1) is 11.1. The number of hydrogen-bond donors (Lipinski definition) is 1. The molecular formula is C17H26ClNO3S. The summed E-state index contributed by atoms with van der Waals surface area (Å²) >= 11 is 7.25. The zero-order valence-corrected chi connectivity index (χ0v) is 15.4. The summed E-state index contributed by atoms with van der Waals surface area (Å²) in [5.41, 5.74) is 1.93. The molecule has 130 valence electrons. The van der Waals surface area contributed by atoms with Gasteiger partial charge in [-0.05, 0) is 37.0 Å². The first-order valence-corrected chi connectivity index (χ1v) is 9.51. The van der Waals surface area contributed by atoms with E-state index in [-0.39, 0.29) is 17.5 Å². The molecule has 1 aliphatic rings. The SMILES string of the molecule is CCSC(C)CC1CC(=O)C(CC/C=N/OC/C=C/Cl)=C(O)C1. The van der Waals surface area contributed by atoms with Gasteiger partial charge in [0.2, 0.25) is 0 Å². The van der Waals surface area contributed by atoms with Crippen LogP contribution in [0.2, 0.25) is 0 Å². The quantitative estimate of drug-likeness (QED) is 0.344. The van der Waals surface area contributed by atoms with Gasteiger partial charge in [-0.15, -0.1) is 0 Å². The molecule has 2 unspecified atom stereocenters. The molecule has 0 heterocycles. The smallest absolute Gasteiger partial charge is 0.162 e. The molecule has 0 saturated heterocycles. The van der Waals surface area contributed by atoms with Crippen LogP contribution in [0.5, 0.6) is 0 Å². The maximum Gasteiger partial charge on any atom is 0.162 e. The fourth-order valence-corrected chi connectivity index (χ4v) is 3.77. The van der Waals surface area contributed by atoms with Crippen LogP contribution in [0.1, 0.15) is 46.0 Å². The van der Waals surface area contributed by atoms with Crippen LogP contribution >= 0.6 is 23.4 Å². The molecule has 0 saturated carbocycles. The second-order valence-corrected chi connectivity index (χ2v) is 7.58. The second-order valence-electron chi connectivity index (χ2n) is 5.61.